The van der Waals surface area contributed by atoms with E-state index in [1.54, 1.807) is 23.9 Å². The van der Waals surface area contributed by atoms with E-state index in [0.29, 0.717) is 22.8 Å². The molecular formula is C20H23FN5OS+. The second-order valence-corrected chi connectivity index (χ2v) is 7.10. The Bertz CT molecular complexity index is 1020. The molecule has 6 nitrogen and oxygen atoms in total. The Hall–Kier alpha value is -2.84. The summed E-state index contributed by atoms with van der Waals surface area (Å²) in [6.45, 7) is 1.35. The molecule has 0 bridgehead atoms. The number of benzene rings is 2. The fraction of sp³-hybridized carbons (Fsp3) is 0.250. The SMILES string of the molecule is CNC(=O)c1ccc(C[NH+](C)Cn2nc(-c3ccc(F)cc3)n(C)c2=S)cc1. The van der Waals surface area contributed by atoms with Gasteiger partial charge in [0.05, 0.1) is 7.05 Å². The molecule has 8 heteroatoms. The molecular weight excluding hydrogens is 377 g/mol. The van der Waals surface area contributed by atoms with Crippen molar-refractivity contribution in [3.05, 3.63) is 70.2 Å². The zero-order chi connectivity index (χ0) is 20.3. The molecule has 0 aliphatic heterocycles. The van der Waals surface area contributed by atoms with E-state index in [0.717, 1.165) is 17.7 Å². The van der Waals surface area contributed by atoms with Gasteiger partial charge in [-0.1, -0.05) is 12.1 Å². The molecule has 1 atom stereocenters. The van der Waals surface area contributed by atoms with Crippen LogP contribution >= 0.6 is 12.2 Å². The van der Waals surface area contributed by atoms with Crippen LogP contribution in [0.4, 0.5) is 4.39 Å². The monoisotopic (exact) mass is 400 g/mol. The minimum atomic E-state index is -0.281. The molecule has 0 radical (unpaired) electrons. The minimum absolute atomic E-state index is 0.0969. The van der Waals surface area contributed by atoms with Crippen LogP contribution in [0.1, 0.15) is 15.9 Å². The van der Waals surface area contributed by atoms with Crippen LogP contribution in [0, 0.1) is 10.6 Å². The lowest BCUT2D eigenvalue weighted by atomic mass is 10.1. The highest BCUT2D eigenvalue weighted by Crippen LogP contribution is 2.17. The summed E-state index contributed by atoms with van der Waals surface area (Å²) in [5, 5.41) is 7.23. The van der Waals surface area contributed by atoms with Gasteiger partial charge in [-0.25, -0.2) is 4.39 Å². The molecule has 1 unspecified atom stereocenters. The number of nitrogens with one attached hydrogen (secondary N) is 2. The molecule has 3 aromatic rings. The molecule has 146 valence electrons. The van der Waals surface area contributed by atoms with Gasteiger partial charge in [-0.2, -0.15) is 4.68 Å². The van der Waals surface area contributed by atoms with E-state index in [9.17, 15) is 9.18 Å². The van der Waals surface area contributed by atoms with E-state index in [4.69, 9.17) is 12.2 Å². The third kappa shape index (κ3) is 4.35. The molecule has 0 saturated carbocycles. The average molecular weight is 401 g/mol. The summed E-state index contributed by atoms with van der Waals surface area (Å²) in [4.78, 5) is 12.8. The molecule has 0 aliphatic carbocycles. The van der Waals surface area contributed by atoms with Gasteiger partial charge in [-0.15, -0.1) is 5.10 Å². The molecule has 28 heavy (non-hydrogen) atoms. The van der Waals surface area contributed by atoms with E-state index >= 15 is 0 Å². The lowest BCUT2D eigenvalue weighted by Gasteiger charge is -2.14. The first-order valence-corrected chi connectivity index (χ1v) is 9.32. The summed E-state index contributed by atoms with van der Waals surface area (Å²) in [5.41, 5.74) is 2.57. The number of hydrogen-bond acceptors (Lipinski definition) is 3. The van der Waals surface area contributed by atoms with Gasteiger partial charge >= 0.3 is 0 Å². The van der Waals surface area contributed by atoms with Crippen molar-refractivity contribution in [3.8, 4) is 11.4 Å². The summed E-state index contributed by atoms with van der Waals surface area (Å²) in [6.07, 6.45) is 0. The van der Waals surface area contributed by atoms with Crippen molar-refractivity contribution in [2.24, 2.45) is 7.05 Å². The third-order valence-electron chi connectivity index (χ3n) is 4.51. The molecule has 0 aliphatic rings. The van der Waals surface area contributed by atoms with Crippen LogP contribution in [-0.2, 0) is 20.3 Å². The lowest BCUT2D eigenvalue weighted by Crippen LogP contribution is -3.07. The highest BCUT2D eigenvalue weighted by atomic mass is 32.1. The van der Waals surface area contributed by atoms with Crippen molar-refractivity contribution >= 4 is 18.1 Å². The van der Waals surface area contributed by atoms with E-state index in [-0.39, 0.29) is 11.7 Å². The zero-order valence-corrected chi connectivity index (χ0v) is 16.9. The Labute approximate surface area is 168 Å². The maximum Gasteiger partial charge on any atom is 0.251 e. The Balaban J connectivity index is 1.73. The molecule has 3 rings (SSSR count). The van der Waals surface area contributed by atoms with Gasteiger partial charge in [-0.05, 0) is 48.6 Å². The summed E-state index contributed by atoms with van der Waals surface area (Å²) < 4.78 is 17.4. The summed E-state index contributed by atoms with van der Waals surface area (Å²) in [5.74, 6) is 0.323. The zero-order valence-electron chi connectivity index (χ0n) is 16.1. The molecule has 1 amide bonds. The van der Waals surface area contributed by atoms with Crippen LogP contribution in [0.25, 0.3) is 11.4 Å². The predicted octanol–water partition coefficient (Wildman–Crippen LogP) is 1.79. The van der Waals surface area contributed by atoms with Crippen LogP contribution in [0.5, 0.6) is 0 Å². The van der Waals surface area contributed by atoms with Crippen molar-refractivity contribution in [2.75, 3.05) is 14.1 Å². The van der Waals surface area contributed by atoms with E-state index in [1.807, 2.05) is 35.9 Å². The van der Waals surface area contributed by atoms with Gasteiger partial charge < -0.3 is 14.8 Å². The standard InChI is InChI=1S/C20H22FN5OS/c1-22-19(27)16-6-4-14(5-7-16)12-24(2)13-26-20(28)25(3)18(23-26)15-8-10-17(21)11-9-15/h4-11H,12-13H2,1-3H3,(H,22,27)/p+1. The number of aromatic nitrogens is 3. The summed E-state index contributed by atoms with van der Waals surface area (Å²) in [6, 6.07) is 13.8. The molecule has 0 spiro atoms. The Morgan fingerprint density at radius 1 is 1.18 bits per heavy atom. The molecule has 2 aromatic carbocycles. The number of halogens is 1. The van der Waals surface area contributed by atoms with Crippen molar-refractivity contribution in [2.45, 2.75) is 13.2 Å². The molecule has 2 N–H and O–H groups in total. The third-order valence-corrected chi connectivity index (χ3v) is 5.00. The molecule has 0 fully saturated rings. The van der Waals surface area contributed by atoms with Gasteiger partial charge in [0.1, 0.15) is 12.4 Å². The Morgan fingerprint density at radius 3 is 2.43 bits per heavy atom. The highest BCUT2D eigenvalue weighted by molar-refractivity contribution is 7.71. The van der Waals surface area contributed by atoms with Gasteiger partial charge in [0.2, 0.25) is 4.77 Å². The van der Waals surface area contributed by atoms with Gasteiger partial charge in [0, 0.05) is 30.8 Å². The smallest absolute Gasteiger partial charge is 0.251 e. The van der Waals surface area contributed by atoms with Crippen molar-refractivity contribution in [1.29, 1.82) is 0 Å². The number of rotatable bonds is 6. The average Bonchev–Trinajstić information content (AvgIpc) is 2.97. The van der Waals surface area contributed by atoms with Crippen LogP contribution < -0.4 is 10.2 Å². The quantitative estimate of drug-likeness (QED) is 0.621. The lowest BCUT2D eigenvalue weighted by molar-refractivity contribution is -0.917. The first kappa shape index (κ1) is 19.9. The number of quaternary nitrogens is 1. The highest BCUT2D eigenvalue weighted by Gasteiger charge is 2.13. The molecule has 1 heterocycles. The molecule has 1 aromatic heterocycles. The van der Waals surface area contributed by atoms with Crippen LogP contribution in [-0.4, -0.2) is 34.4 Å². The Morgan fingerprint density at radius 2 is 1.82 bits per heavy atom. The predicted molar refractivity (Wildman–Crippen MR) is 108 cm³/mol. The van der Waals surface area contributed by atoms with Gasteiger partial charge in [0.25, 0.3) is 5.91 Å². The van der Waals surface area contributed by atoms with Crippen molar-refractivity contribution < 1.29 is 14.1 Å². The topological polar surface area (TPSA) is 56.3 Å². The maximum atomic E-state index is 13.2. The fourth-order valence-corrected chi connectivity index (χ4v) is 3.21. The molecule has 0 saturated heterocycles. The van der Waals surface area contributed by atoms with Crippen molar-refractivity contribution in [3.63, 3.8) is 0 Å². The fourth-order valence-electron chi connectivity index (χ4n) is 3.02. The van der Waals surface area contributed by atoms with Gasteiger partial charge in [0.15, 0.2) is 12.5 Å². The number of amides is 1. The van der Waals surface area contributed by atoms with E-state index in [1.165, 1.54) is 17.0 Å². The van der Waals surface area contributed by atoms with Crippen LogP contribution in [0.2, 0.25) is 0 Å². The van der Waals surface area contributed by atoms with Crippen molar-refractivity contribution in [1.82, 2.24) is 19.7 Å². The number of carbonyl (C=O) groups is 1. The van der Waals surface area contributed by atoms with Gasteiger partial charge in [-0.3, -0.25) is 4.79 Å². The second kappa shape index (κ2) is 8.45. The maximum absolute atomic E-state index is 13.2. The number of hydrogen-bond donors (Lipinski definition) is 2. The first-order chi connectivity index (χ1) is 13.4. The van der Waals surface area contributed by atoms with Crippen LogP contribution in [0.15, 0.2) is 48.5 Å². The van der Waals surface area contributed by atoms with Crippen LogP contribution in [0.3, 0.4) is 0 Å². The summed E-state index contributed by atoms with van der Waals surface area (Å²) in [7, 11) is 5.53. The number of carbonyl (C=O) groups excluding carboxylic acids is 1. The minimum Gasteiger partial charge on any atom is -0.355 e. The normalized spacial score (nSPS) is 12.0. The first-order valence-electron chi connectivity index (χ1n) is 8.91. The number of nitrogens with zero attached hydrogens (tertiary/aromatic N) is 3. The largest absolute Gasteiger partial charge is 0.355 e. The van der Waals surface area contributed by atoms with E-state index in [2.05, 4.69) is 17.5 Å². The second-order valence-electron chi connectivity index (χ2n) is 6.74. The summed E-state index contributed by atoms with van der Waals surface area (Å²) >= 11 is 5.51. The van der Waals surface area contributed by atoms with E-state index < -0.39 is 0 Å². The Kier molecular flexibility index (Phi) is 6.01.